The van der Waals surface area contributed by atoms with Crippen LogP contribution in [-0.2, 0) is 14.3 Å². The zero-order valence-electron chi connectivity index (χ0n) is 12.3. The maximum atomic E-state index is 12.2. The first-order valence-electron chi connectivity index (χ1n) is 7.02. The second-order valence-corrected chi connectivity index (χ2v) is 6.01. The second-order valence-electron chi connectivity index (χ2n) is 5.20. The van der Waals surface area contributed by atoms with E-state index in [2.05, 4.69) is 0 Å². The molecular formula is C18H14Cl2O3. The topological polar surface area (TPSA) is 38.8 Å². The average Bonchev–Trinajstić information content (AvgIpc) is 3.32. The van der Waals surface area contributed by atoms with Crippen molar-refractivity contribution in [2.75, 3.05) is 7.11 Å². The highest BCUT2D eigenvalue weighted by Gasteiger charge is 2.62. The molecule has 2 aromatic rings. The van der Waals surface area contributed by atoms with Crippen molar-refractivity contribution in [2.24, 2.45) is 0 Å². The SMILES string of the molecule is COC(=O)[C@]1(/C=C/c2ccccc2)O[C@@H]1c1ccc(Cl)c(Cl)c1. The van der Waals surface area contributed by atoms with E-state index >= 15 is 0 Å². The highest BCUT2D eigenvalue weighted by molar-refractivity contribution is 6.42. The molecule has 0 unspecified atom stereocenters. The molecule has 0 bridgehead atoms. The molecule has 0 aromatic heterocycles. The van der Waals surface area contributed by atoms with Crippen LogP contribution in [0.2, 0.25) is 10.0 Å². The van der Waals surface area contributed by atoms with Gasteiger partial charge >= 0.3 is 5.97 Å². The Morgan fingerprint density at radius 2 is 1.91 bits per heavy atom. The Morgan fingerprint density at radius 1 is 1.17 bits per heavy atom. The number of carbonyl (C=O) groups excluding carboxylic acids is 1. The summed E-state index contributed by atoms with van der Waals surface area (Å²) < 4.78 is 10.6. The lowest BCUT2D eigenvalue weighted by atomic mass is 9.98. The Balaban J connectivity index is 1.90. The summed E-state index contributed by atoms with van der Waals surface area (Å²) in [4.78, 5) is 12.2. The number of rotatable bonds is 4. The first-order valence-corrected chi connectivity index (χ1v) is 7.78. The van der Waals surface area contributed by atoms with Crippen LogP contribution in [0, 0.1) is 0 Å². The van der Waals surface area contributed by atoms with E-state index in [4.69, 9.17) is 32.7 Å². The van der Waals surface area contributed by atoms with Gasteiger partial charge < -0.3 is 9.47 Å². The molecule has 0 aliphatic carbocycles. The van der Waals surface area contributed by atoms with E-state index in [0.717, 1.165) is 11.1 Å². The number of carbonyl (C=O) groups is 1. The third-order valence-corrected chi connectivity index (χ3v) is 4.46. The van der Waals surface area contributed by atoms with E-state index in [1.54, 1.807) is 24.3 Å². The van der Waals surface area contributed by atoms with E-state index in [-0.39, 0.29) is 0 Å². The summed E-state index contributed by atoms with van der Waals surface area (Å²) in [7, 11) is 1.34. The molecule has 1 aliphatic heterocycles. The van der Waals surface area contributed by atoms with Crippen molar-refractivity contribution in [3.8, 4) is 0 Å². The van der Waals surface area contributed by atoms with Crippen molar-refractivity contribution in [1.29, 1.82) is 0 Å². The number of halogens is 2. The molecule has 2 aromatic carbocycles. The minimum atomic E-state index is -1.12. The highest BCUT2D eigenvalue weighted by Crippen LogP contribution is 2.52. The fourth-order valence-corrected chi connectivity index (χ4v) is 2.75. The molecule has 0 radical (unpaired) electrons. The maximum Gasteiger partial charge on any atom is 0.345 e. The molecule has 5 heteroatoms. The summed E-state index contributed by atoms with van der Waals surface area (Å²) in [5.41, 5.74) is 0.628. The van der Waals surface area contributed by atoms with Gasteiger partial charge in [0.05, 0.1) is 17.2 Å². The molecule has 1 heterocycles. The van der Waals surface area contributed by atoms with Crippen LogP contribution in [0.4, 0.5) is 0 Å². The van der Waals surface area contributed by atoms with Gasteiger partial charge in [0.1, 0.15) is 6.10 Å². The predicted octanol–water partition coefficient (Wildman–Crippen LogP) is 4.69. The van der Waals surface area contributed by atoms with E-state index in [0.29, 0.717) is 10.0 Å². The van der Waals surface area contributed by atoms with Gasteiger partial charge in [-0.2, -0.15) is 0 Å². The first kappa shape index (κ1) is 16.1. The van der Waals surface area contributed by atoms with Crippen molar-refractivity contribution < 1.29 is 14.3 Å². The molecule has 2 atom stereocenters. The smallest absolute Gasteiger partial charge is 0.345 e. The number of esters is 1. The average molecular weight is 349 g/mol. The van der Waals surface area contributed by atoms with Crippen LogP contribution in [0.1, 0.15) is 17.2 Å². The number of hydrogen-bond donors (Lipinski definition) is 0. The number of methoxy groups -OCH3 is 1. The largest absolute Gasteiger partial charge is 0.467 e. The minimum absolute atomic E-state index is 0.422. The van der Waals surface area contributed by atoms with Gasteiger partial charge in [-0.3, -0.25) is 0 Å². The number of ether oxygens (including phenoxy) is 2. The molecule has 3 nitrogen and oxygen atoms in total. The molecule has 23 heavy (non-hydrogen) atoms. The summed E-state index contributed by atoms with van der Waals surface area (Å²) in [6.07, 6.45) is 3.13. The molecule has 0 amide bonds. The zero-order chi connectivity index (χ0) is 16.4. The Bertz CT molecular complexity index is 758. The van der Waals surface area contributed by atoms with Crippen molar-refractivity contribution in [3.63, 3.8) is 0 Å². The Kier molecular flexibility index (Phi) is 4.44. The highest BCUT2D eigenvalue weighted by atomic mass is 35.5. The molecule has 1 aliphatic rings. The number of epoxide rings is 1. The Hall–Kier alpha value is -1.81. The van der Waals surface area contributed by atoms with Crippen molar-refractivity contribution in [1.82, 2.24) is 0 Å². The lowest BCUT2D eigenvalue weighted by Gasteiger charge is -2.06. The summed E-state index contributed by atoms with van der Waals surface area (Å²) in [5.74, 6) is -0.444. The van der Waals surface area contributed by atoms with Gasteiger partial charge in [-0.05, 0) is 29.3 Å². The quantitative estimate of drug-likeness (QED) is 0.594. The van der Waals surface area contributed by atoms with Crippen molar-refractivity contribution in [2.45, 2.75) is 11.7 Å². The summed E-state index contributed by atoms with van der Waals surface area (Å²) in [6.45, 7) is 0. The fourth-order valence-electron chi connectivity index (χ4n) is 2.45. The van der Waals surface area contributed by atoms with Crippen LogP contribution < -0.4 is 0 Å². The number of benzene rings is 2. The molecule has 3 rings (SSSR count). The minimum Gasteiger partial charge on any atom is -0.467 e. The van der Waals surface area contributed by atoms with Gasteiger partial charge in [-0.15, -0.1) is 0 Å². The monoisotopic (exact) mass is 348 g/mol. The van der Waals surface area contributed by atoms with Crippen LogP contribution in [0.5, 0.6) is 0 Å². The zero-order valence-corrected chi connectivity index (χ0v) is 13.8. The van der Waals surface area contributed by atoms with Crippen LogP contribution in [0.3, 0.4) is 0 Å². The third-order valence-electron chi connectivity index (χ3n) is 3.72. The molecule has 1 fully saturated rings. The Morgan fingerprint density at radius 3 is 2.57 bits per heavy atom. The van der Waals surface area contributed by atoms with Crippen molar-refractivity contribution >= 4 is 35.2 Å². The van der Waals surface area contributed by atoms with Crippen LogP contribution >= 0.6 is 23.2 Å². The van der Waals surface area contributed by atoms with Gasteiger partial charge in [-0.25, -0.2) is 4.79 Å². The Labute approximate surface area is 144 Å². The first-order chi connectivity index (χ1) is 11.1. The molecule has 0 spiro atoms. The predicted molar refractivity (Wildman–Crippen MR) is 90.5 cm³/mol. The van der Waals surface area contributed by atoms with Crippen LogP contribution in [-0.4, -0.2) is 18.7 Å². The molecule has 118 valence electrons. The van der Waals surface area contributed by atoms with Crippen LogP contribution in [0.25, 0.3) is 6.08 Å². The second kappa shape index (κ2) is 6.36. The van der Waals surface area contributed by atoms with E-state index in [1.165, 1.54) is 7.11 Å². The number of hydrogen-bond acceptors (Lipinski definition) is 3. The van der Waals surface area contributed by atoms with E-state index < -0.39 is 17.7 Å². The lowest BCUT2D eigenvalue weighted by Crippen LogP contribution is -2.24. The standard InChI is InChI=1S/C18H14Cl2O3/c1-22-17(21)18(10-9-12-5-3-2-4-6-12)16(23-18)13-7-8-14(19)15(20)11-13/h2-11,16H,1H3/b10-9+/t16-,18-/m1/s1. The molecular weight excluding hydrogens is 335 g/mol. The van der Waals surface area contributed by atoms with Crippen LogP contribution in [0.15, 0.2) is 54.6 Å². The van der Waals surface area contributed by atoms with E-state index in [1.807, 2.05) is 36.4 Å². The molecule has 0 saturated carbocycles. The lowest BCUT2D eigenvalue weighted by molar-refractivity contribution is -0.144. The van der Waals surface area contributed by atoms with E-state index in [9.17, 15) is 4.79 Å². The summed E-state index contributed by atoms with van der Waals surface area (Å²) >= 11 is 12.0. The van der Waals surface area contributed by atoms with Crippen molar-refractivity contribution in [3.05, 3.63) is 75.8 Å². The van der Waals surface area contributed by atoms with Gasteiger partial charge in [0, 0.05) is 0 Å². The molecule has 0 N–H and O–H groups in total. The third kappa shape index (κ3) is 3.13. The molecule has 1 saturated heterocycles. The summed E-state index contributed by atoms with van der Waals surface area (Å²) in [5, 5.41) is 0.880. The van der Waals surface area contributed by atoms with Gasteiger partial charge in [-0.1, -0.05) is 65.7 Å². The normalized spacial score (nSPS) is 23.0. The fraction of sp³-hybridized carbons (Fsp3) is 0.167. The summed E-state index contributed by atoms with van der Waals surface area (Å²) in [6, 6.07) is 14.8. The van der Waals surface area contributed by atoms with Gasteiger partial charge in [0.25, 0.3) is 0 Å². The maximum absolute atomic E-state index is 12.2. The van der Waals surface area contributed by atoms with Gasteiger partial charge in [0.2, 0.25) is 5.60 Å². The van der Waals surface area contributed by atoms with Gasteiger partial charge in [0.15, 0.2) is 0 Å².